The zero-order valence-electron chi connectivity index (χ0n) is 32.6. The lowest BCUT2D eigenvalue weighted by molar-refractivity contribution is 0.671. The zero-order valence-corrected chi connectivity index (χ0v) is 32.6. The van der Waals surface area contributed by atoms with Crippen LogP contribution in [-0.4, -0.2) is 18.0 Å². The Hall–Kier alpha value is -7.89. The summed E-state index contributed by atoms with van der Waals surface area (Å²) < 4.78 is 16.8. The van der Waals surface area contributed by atoms with Crippen molar-refractivity contribution in [3.63, 3.8) is 0 Å². The first-order chi connectivity index (χ1) is 30.3. The van der Waals surface area contributed by atoms with Gasteiger partial charge in [-0.05, 0) is 99.5 Å². The molecular weight excluding hydrogens is 744 g/mol. The molecule has 4 aliphatic heterocycles. The third-order valence-corrected chi connectivity index (χ3v) is 14.3. The largest absolute Gasteiger partial charge is 0.457 e. The second kappa shape index (κ2) is 10.6. The van der Waals surface area contributed by atoms with Gasteiger partial charge in [0, 0.05) is 83.2 Å². The minimum Gasteiger partial charge on any atom is -0.457 e. The Labute approximate surface area is 349 Å². The van der Waals surface area contributed by atoms with E-state index in [0.717, 1.165) is 66.6 Å². The van der Waals surface area contributed by atoms with Gasteiger partial charge in [-0.3, -0.25) is 0 Å². The van der Waals surface area contributed by atoms with Crippen LogP contribution in [0.5, 0.6) is 0 Å². The average Bonchev–Trinajstić information content (AvgIpc) is 4.00. The van der Waals surface area contributed by atoms with E-state index in [-0.39, 0.29) is 13.4 Å². The number of rotatable bonds is 2. The van der Waals surface area contributed by atoms with Gasteiger partial charge in [0.2, 0.25) is 0 Å². The summed E-state index contributed by atoms with van der Waals surface area (Å²) in [6.07, 6.45) is 0. The smallest absolute Gasteiger partial charge is 0.257 e. The fourth-order valence-corrected chi connectivity index (χ4v) is 12.1. The van der Waals surface area contributed by atoms with Crippen molar-refractivity contribution in [1.82, 2.24) is 4.57 Å². The molecule has 12 aromatic rings. The molecule has 0 saturated heterocycles. The van der Waals surface area contributed by atoms with E-state index in [1.807, 2.05) is 0 Å². The lowest BCUT2D eigenvalue weighted by atomic mass is 9.29. The molecule has 0 amide bonds. The van der Waals surface area contributed by atoms with Crippen LogP contribution < -0.4 is 42.6 Å². The highest BCUT2D eigenvalue weighted by atomic mass is 16.3. The second-order valence-electron chi connectivity index (χ2n) is 17.1. The second-order valence-corrected chi connectivity index (χ2v) is 17.1. The van der Waals surface area contributed by atoms with Crippen molar-refractivity contribution in [3.8, 4) is 5.69 Å². The summed E-state index contributed by atoms with van der Waals surface area (Å²) in [6.45, 7) is -0.184. The molecule has 0 bridgehead atoms. The molecular formula is C54H29B2N3O2. The summed E-state index contributed by atoms with van der Waals surface area (Å²) in [6, 6.07) is 64.5. The van der Waals surface area contributed by atoms with E-state index in [4.69, 9.17) is 8.83 Å². The van der Waals surface area contributed by atoms with Crippen LogP contribution >= 0.6 is 0 Å². The molecule has 0 radical (unpaired) electrons. The van der Waals surface area contributed by atoms with Crippen LogP contribution in [0, 0.1) is 0 Å². The molecule has 9 aromatic carbocycles. The van der Waals surface area contributed by atoms with E-state index in [0.29, 0.717) is 0 Å². The number of anilines is 6. The van der Waals surface area contributed by atoms with Crippen molar-refractivity contribution in [2.45, 2.75) is 0 Å². The predicted octanol–water partition coefficient (Wildman–Crippen LogP) is 9.81. The number of hydrogen-bond donors (Lipinski definition) is 0. The molecule has 0 atom stereocenters. The molecule has 16 rings (SSSR count). The summed E-state index contributed by atoms with van der Waals surface area (Å²) >= 11 is 0. The number of para-hydroxylation sites is 6. The first-order valence-electron chi connectivity index (χ1n) is 21.2. The van der Waals surface area contributed by atoms with Crippen LogP contribution in [0.3, 0.4) is 0 Å². The van der Waals surface area contributed by atoms with Gasteiger partial charge in [-0.1, -0.05) is 109 Å². The van der Waals surface area contributed by atoms with E-state index in [9.17, 15) is 0 Å². The number of benzene rings is 9. The molecule has 0 aliphatic carbocycles. The molecule has 0 saturated carbocycles. The van der Waals surface area contributed by atoms with Crippen LogP contribution in [0.1, 0.15) is 0 Å². The van der Waals surface area contributed by atoms with Crippen LogP contribution in [0.25, 0.3) is 71.4 Å². The van der Waals surface area contributed by atoms with Crippen LogP contribution in [-0.2, 0) is 0 Å². The van der Waals surface area contributed by atoms with Crippen molar-refractivity contribution in [3.05, 3.63) is 176 Å². The fraction of sp³-hybridized carbons (Fsp3) is 0. The number of furan rings is 2. The van der Waals surface area contributed by atoms with Gasteiger partial charge in [-0.2, -0.15) is 0 Å². The zero-order chi connectivity index (χ0) is 39.2. The number of fused-ring (bicyclic) bond motifs is 15. The Bertz CT molecular complexity index is 3730. The van der Waals surface area contributed by atoms with Gasteiger partial charge >= 0.3 is 0 Å². The van der Waals surface area contributed by atoms with Crippen LogP contribution in [0.2, 0.25) is 0 Å². The molecule has 7 heteroatoms. The Morgan fingerprint density at radius 2 is 0.787 bits per heavy atom. The topological polar surface area (TPSA) is 37.7 Å². The molecule has 278 valence electrons. The summed E-state index contributed by atoms with van der Waals surface area (Å²) in [7, 11) is 0. The van der Waals surface area contributed by atoms with Gasteiger partial charge in [0.25, 0.3) is 13.4 Å². The van der Waals surface area contributed by atoms with Crippen molar-refractivity contribution in [2.75, 3.05) is 9.80 Å². The Kier molecular flexibility index (Phi) is 5.42. The van der Waals surface area contributed by atoms with E-state index in [2.05, 4.69) is 190 Å². The van der Waals surface area contributed by atoms with Crippen LogP contribution in [0.4, 0.5) is 34.1 Å². The Morgan fingerprint density at radius 3 is 1.28 bits per heavy atom. The van der Waals surface area contributed by atoms with E-state index < -0.39 is 0 Å². The highest BCUT2D eigenvalue weighted by Gasteiger charge is 2.51. The van der Waals surface area contributed by atoms with Crippen molar-refractivity contribution < 1.29 is 8.83 Å². The molecule has 0 spiro atoms. The summed E-state index contributed by atoms with van der Waals surface area (Å²) in [4.78, 5) is 5.01. The highest BCUT2D eigenvalue weighted by Crippen LogP contribution is 2.49. The van der Waals surface area contributed by atoms with Gasteiger partial charge in [0.15, 0.2) is 0 Å². The van der Waals surface area contributed by atoms with Gasteiger partial charge < -0.3 is 23.2 Å². The minimum absolute atomic E-state index is 0.0918. The molecule has 3 aromatic heterocycles. The van der Waals surface area contributed by atoms with Gasteiger partial charge in [-0.25, -0.2) is 0 Å². The standard InChI is InChI=1S/C54H29B2N3O2/c1-3-13-30(14-4-1)57-40-27-25-36-32-17-7-9-23-44(32)60-53(36)48(40)55-38-21-11-19-34-35-20-12-22-39-51(35)59(50(34)38)52-46(55)42(57)29-43-47(52)56(39)49-41(58(43)31-15-5-2-6-16-31)28-26-37-33-18-8-10-24-45(33)61-54(37)49/h1-29H. The normalized spacial score (nSPS) is 14.1. The average molecular weight is 773 g/mol. The Morgan fingerprint density at radius 1 is 0.344 bits per heavy atom. The molecule has 0 N–H and O–H groups in total. The van der Waals surface area contributed by atoms with Crippen LogP contribution in [0.15, 0.2) is 185 Å². The fourth-order valence-electron chi connectivity index (χ4n) is 12.1. The minimum atomic E-state index is -0.0918. The lowest BCUT2D eigenvalue weighted by Crippen LogP contribution is -2.67. The number of hydrogen-bond acceptors (Lipinski definition) is 4. The predicted molar refractivity (Wildman–Crippen MR) is 254 cm³/mol. The summed E-state index contributed by atoms with van der Waals surface area (Å²) in [5, 5.41) is 7.14. The molecule has 61 heavy (non-hydrogen) atoms. The highest BCUT2D eigenvalue weighted by molar-refractivity contribution is 7.05. The first kappa shape index (κ1) is 31.1. The third kappa shape index (κ3) is 3.55. The molecule has 4 aliphatic rings. The molecule has 0 unspecified atom stereocenters. The van der Waals surface area contributed by atoms with Gasteiger partial charge in [0.1, 0.15) is 22.3 Å². The quantitative estimate of drug-likeness (QED) is 0.164. The molecule has 0 fully saturated rings. The van der Waals surface area contributed by atoms with Crippen molar-refractivity contribution in [2.24, 2.45) is 0 Å². The first-order valence-corrected chi connectivity index (χ1v) is 21.2. The maximum Gasteiger partial charge on any atom is 0.257 e. The SMILES string of the molecule is c1ccc(N2c3cc4c5c6c3B(c3c2ccc2c3oc3ccccc32)c2cccc3c7cccc(c7n-6c23)B5c2c(ccc3c2oc2ccccc23)N4c2ccccc2)cc1. The molecule has 7 heterocycles. The maximum absolute atomic E-state index is 7.05. The molecule has 5 nitrogen and oxygen atoms in total. The third-order valence-electron chi connectivity index (χ3n) is 14.3. The van der Waals surface area contributed by atoms with Crippen molar-refractivity contribution >= 4 is 146 Å². The monoisotopic (exact) mass is 773 g/mol. The van der Waals surface area contributed by atoms with Gasteiger partial charge in [-0.15, -0.1) is 0 Å². The Balaban J connectivity index is 1.15. The van der Waals surface area contributed by atoms with E-state index in [1.54, 1.807) is 0 Å². The maximum atomic E-state index is 7.05. The van der Waals surface area contributed by atoms with Crippen molar-refractivity contribution in [1.29, 1.82) is 0 Å². The lowest BCUT2D eigenvalue weighted by Gasteiger charge is -2.46. The number of nitrogens with zero attached hydrogens (tertiary/aromatic N) is 3. The van der Waals surface area contributed by atoms with E-state index in [1.165, 1.54) is 71.6 Å². The van der Waals surface area contributed by atoms with Gasteiger partial charge in [0.05, 0.1) is 0 Å². The van der Waals surface area contributed by atoms with E-state index >= 15 is 0 Å². The summed E-state index contributed by atoms with van der Waals surface area (Å²) in [5.74, 6) is 0. The summed E-state index contributed by atoms with van der Waals surface area (Å²) in [5.41, 5.74) is 22.1. The number of aromatic nitrogens is 1.